The van der Waals surface area contributed by atoms with Crippen LogP contribution in [0, 0.1) is 6.92 Å². The summed E-state index contributed by atoms with van der Waals surface area (Å²) >= 11 is 0. The predicted molar refractivity (Wildman–Crippen MR) is 44.9 cm³/mol. The molecule has 1 atom stereocenters. The molecule has 0 aromatic carbocycles. The molecular formula is C8H12N2O2. The van der Waals surface area contributed by atoms with Gasteiger partial charge in [0.25, 0.3) is 0 Å². The highest BCUT2D eigenvalue weighted by molar-refractivity contribution is 4.95. The normalized spacial score (nSPS) is 12.9. The molecule has 1 aromatic heterocycles. The summed E-state index contributed by atoms with van der Waals surface area (Å²) in [6.07, 6.45) is 1.12. The summed E-state index contributed by atoms with van der Waals surface area (Å²) in [6, 6.07) is 1.74. The fourth-order valence-corrected chi connectivity index (χ4v) is 0.938. The van der Waals surface area contributed by atoms with Crippen molar-refractivity contribution in [2.75, 3.05) is 0 Å². The molecule has 0 aliphatic rings. The van der Waals surface area contributed by atoms with Gasteiger partial charge in [-0.15, -0.1) is 0 Å². The first-order valence-electron chi connectivity index (χ1n) is 3.82. The van der Waals surface area contributed by atoms with Gasteiger partial charge in [-0.2, -0.15) is 4.98 Å². The van der Waals surface area contributed by atoms with Crippen molar-refractivity contribution < 1.29 is 5.11 Å². The van der Waals surface area contributed by atoms with Crippen LogP contribution in [0.4, 0.5) is 0 Å². The quantitative estimate of drug-likeness (QED) is 0.672. The second-order valence-corrected chi connectivity index (χ2v) is 2.85. The minimum Gasteiger partial charge on any atom is -0.392 e. The van der Waals surface area contributed by atoms with Gasteiger partial charge in [-0.1, -0.05) is 0 Å². The third-order valence-corrected chi connectivity index (χ3v) is 1.47. The fraction of sp³-hybridized carbons (Fsp3) is 0.500. The summed E-state index contributed by atoms with van der Waals surface area (Å²) in [4.78, 5) is 14.8. The van der Waals surface area contributed by atoms with Crippen LogP contribution in [0.2, 0.25) is 0 Å². The molecule has 1 rings (SSSR count). The minimum absolute atomic E-state index is 0.298. The van der Waals surface area contributed by atoms with Crippen molar-refractivity contribution in [1.82, 2.24) is 9.55 Å². The highest BCUT2D eigenvalue weighted by Gasteiger charge is 2.00. The maximum atomic E-state index is 11.1. The minimum atomic E-state index is -0.521. The SMILES string of the molecule is Cc1ccn(CC(C)O)c(=O)n1. The summed E-state index contributed by atoms with van der Waals surface area (Å²) in [7, 11) is 0. The van der Waals surface area contributed by atoms with E-state index in [-0.39, 0.29) is 5.69 Å². The van der Waals surface area contributed by atoms with Crippen LogP contribution < -0.4 is 5.69 Å². The smallest absolute Gasteiger partial charge is 0.347 e. The summed E-state index contributed by atoms with van der Waals surface area (Å²) in [5.41, 5.74) is 0.387. The Morgan fingerprint density at radius 1 is 1.75 bits per heavy atom. The first-order valence-corrected chi connectivity index (χ1v) is 3.82. The number of hydrogen-bond donors (Lipinski definition) is 1. The van der Waals surface area contributed by atoms with E-state index in [4.69, 9.17) is 5.11 Å². The van der Waals surface area contributed by atoms with E-state index in [1.54, 1.807) is 26.1 Å². The molecule has 4 nitrogen and oxygen atoms in total. The van der Waals surface area contributed by atoms with Gasteiger partial charge < -0.3 is 5.11 Å². The number of rotatable bonds is 2. The van der Waals surface area contributed by atoms with Gasteiger partial charge in [-0.05, 0) is 19.9 Å². The summed E-state index contributed by atoms with van der Waals surface area (Å²) in [5, 5.41) is 9.01. The molecule has 66 valence electrons. The van der Waals surface area contributed by atoms with Crippen LogP contribution >= 0.6 is 0 Å². The van der Waals surface area contributed by atoms with E-state index in [9.17, 15) is 4.79 Å². The van der Waals surface area contributed by atoms with Gasteiger partial charge in [-0.3, -0.25) is 4.57 Å². The van der Waals surface area contributed by atoms with Crippen LogP contribution in [0.3, 0.4) is 0 Å². The van der Waals surface area contributed by atoms with Crippen molar-refractivity contribution in [1.29, 1.82) is 0 Å². The average molecular weight is 168 g/mol. The lowest BCUT2D eigenvalue weighted by atomic mass is 10.4. The molecule has 1 N–H and O–H groups in total. The molecule has 0 saturated carbocycles. The third-order valence-electron chi connectivity index (χ3n) is 1.47. The summed E-state index contributed by atoms with van der Waals surface area (Å²) in [6.45, 7) is 3.69. The molecule has 1 unspecified atom stereocenters. The monoisotopic (exact) mass is 168 g/mol. The van der Waals surface area contributed by atoms with Crippen LogP contribution in [0.5, 0.6) is 0 Å². The Bertz CT molecular complexity index is 317. The van der Waals surface area contributed by atoms with E-state index in [2.05, 4.69) is 4.98 Å². The van der Waals surface area contributed by atoms with Crippen molar-refractivity contribution in [3.63, 3.8) is 0 Å². The van der Waals surface area contributed by atoms with Crippen molar-refractivity contribution in [2.45, 2.75) is 26.5 Å². The van der Waals surface area contributed by atoms with Crippen LogP contribution in [0.15, 0.2) is 17.1 Å². The van der Waals surface area contributed by atoms with Gasteiger partial charge >= 0.3 is 5.69 Å². The molecule has 0 spiro atoms. The number of aromatic nitrogens is 2. The Hall–Kier alpha value is -1.16. The Morgan fingerprint density at radius 3 is 2.92 bits per heavy atom. The van der Waals surface area contributed by atoms with Crippen molar-refractivity contribution in [3.8, 4) is 0 Å². The highest BCUT2D eigenvalue weighted by Crippen LogP contribution is 1.89. The van der Waals surface area contributed by atoms with Crippen LogP contribution in [-0.2, 0) is 6.54 Å². The van der Waals surface area contributed by atoms with E-state index in [0.29, 0.717) is 12.2 Å². The largest absolute Gasteiger partial charge is 0.392 e. The molecule has 0 aliphatic carbocycles. The van der Waals surface area contributed by atoms with Crippen LogP contribution in [0.25, 0.3) is 0 Å². The molecule has 0 bridgehead atoms. The lowest BCUT2D eigenvalue weighted by molar-refractivity contribution is 0.171. The molecular weight excluding hydrogens is 156 g/mol. The zero-order valence-electron chi connectivity index (χ0n) is 7.19. The number of aliphatic hydroxyl groups excluding tert-OH is 1. The van der Waals surface area contributed by atoms with E-state index in [1.165, 1.54) is 4.57 Å². The van der Waals surface area contributed by atoms with Gasteiger partial charge in [0, 0.05) is 11.9 Å². The van der Waals surface area contributed by atoms with Crippen LogP contribution in [-0.4, -0.2) is 20.8 Å². The van der Waals surface area contributed by atoms with Crippen molar-refractivity contribution in [2.24, 2.45) is 0 Å². The zero-order valence-corrected chi connectivity index (χ0v) is 7.19. The second kappa shape index (κ2) is 3.49. The molecule has 0 fully saturated rings. The molecule has 1 aromatic rings. The third kappa shape index (κ3) is 2.17. The average Bonchev–Trinajstić information content (AvgIpc) is 1.94. The summed E-state index contributed by atoms with van der Waals surface area (Å²) < 4.78 is 1.39. The van der Waals surface area contributed by atoms with E-state index >= 15 is 0 Å². The number of aryl methyl sites for hydroxylation is 1. The Balaban J connectivity index is 2.94. The Morgan fingerprint density at radius 2 is 2.42 bits per heavy atom. The van der Waals surface area contributed by atoms with Crippen molar-refractivity contribution in [3.05, 3.63) is 28.4 Å². The Labute approximate surface area is 70.5 Å². The molecule has 1 heterocycles. The molecule has 0 aliphatic heterocycles. The van der Waals surface area contributed by atoms with E-state index in [1.807, 2.05) is 0 Å². The molecule has 12 heavy (non-hydrogen) atoms. The predicted octanol–water partition coefficient (Wildman–Crippen LogP) is -0.0675. The summed E-state index contributed by atoms with van der Waals surface area (Å²) in [5.74, 6) is 0. The molecule has 0 saturated heterocycles. The standard InChI is InChI=1S/C8H12N2O2/c1-6-3-4-10(5-7(2)11)8(12)9-6/h3-4,7,11H,5H2,1-2H3. The van der Waals surface area contributed by atoms with Gasteiger partial charge in [0.2, 0.25) is 0 Å². The highest BCUT2D eigenvalue weighted by atomic mass is 16.3. The van der Waals surface area contributed by atoms with Crippen molar-refractivity contribution >= 4 is 0 Å². The first kappa shape index (κ1) is 8.93. The number of nitrogens with zero attached hydrogens (tertiary/aromatic N) is 2. The first-order chi connectivity index (χ1) is 5.59. The van der Waals surface area contributed by atoms with E-state index < -0.39 is 6.10 Å². The maximum absolute atomic E-state index is 11.1. The topological polar surface area (TPSA) is 55.1 Å². The maximum Gasteiger partial charge on any atom is 0.347 e. The Kier molecular flexibility index (Phi) is 2.60. The van der Waals surface area contributed by atoms with Gasteiger partial charge in [0.1, 0.15) is 0 Å². The number of aliphatic hydroxyl groups is 1. The fourth-order valence-electron chi connectivity index (χ4n) is 0.938. The lowest BCUT2D eigenvalue weighted by Crippen LogP contribution is -2.27. The molecule has 4 heteroatoms. The van der Waals surface area contributed by atoms with E-state index in [0.717, 1.165) is 0 Å². The number of hydrogen-bond acceptors (Lipinski definition) is 3. The lowest BCUT2D eigenvalue weighted by Gasteiger charge is -2.06. The van der Waals surface area contributed by atoms with Gasteiger partial charge in [0.15, 0.2) is 0 Å². The van der Waals surface area contributed by atoms with Gasteiger partial charge in [0.05, 0.1) is 12.6 Å². The van der Waals surface area contributed by atoms with Crippen LogP contribution in [0.1, 0.15) is 12.6 Å². The second-order valence-electron chi connectivity index (χ2n) is 2.85. The molecule has 0 radical (unpaired) electrons. The zero-order chi connectivity index (χ0) is 9.14. The molecule has 0 amide bonds. The van der Waals surface area contributed by atoms with Gasteiger partial charge in [-0.25, -0.2) is 4.79 Å².